The summed E-state index contributed by atoms with van der Waals surface area (Å²) in [6, 6.07) is 9.05. The fraction of sp³-hybridized carbons (Fsp3) is 0.588. The number of ether oxygens (including phenoxy) is 1. The van der Waals surface area contributed by atoms with Gasteiger partial charge in [-0.2, -0.15) is 0 Å². The average molecular weight is 303 g/mol. The molecule has 0 aromatic heterocycles. The van der Waals surface area contributed by atoms with E-state index in [-0.39, 0.29) is 6.03 Å². The zero-order chi connectivity index (χ0) is 15.5. The number of urea groups is 1. The Bertz CT molecular complexity index is 534. The second kappa shape index (κ2) is 6.67. The first-order chi connectivity index (χ1) is 10.7. The SMILES string of the molecule is COCCN1C[C@H]2CN(Cc3ccccc3C)CCN2C1=O. The van der Waals surface area contributed by atoms with Gasteiger partial charge < -0.3 is 14.5 Å². The lowest BCUT2D eigenvalue weighted by molar-refractivity contribution is 0.116. The molecule has 1 atom stereocenters. The maximum atomic E-state index is 12.3. The minimum absolute atomic E-state index is 0.178. The van der Waals surface area contributed by atoms with Gasteiger partial charge in [0.25, 0.3) is 0 Å². The van der Waals surface area contributed by atoms with Crippen molar-refractivity contribution in [1.29, 1.82) is 0 Å². The van der Waals surface area contributed by atoms with Gasteiger partial charge >= 0.3 is 6.03 Å². The predicted octanol–water partition coefficient (Wildman–Crippen LogP) is 1.56. The first-order valence-corrected chi connectivity index (χ1v) is 8.00. The molecule has 2 saturated heterocycles. The number of hydrogen-bond acceptors (Lipinski definition) is 3. The molecule has 0 saturated carbocycles. The molecule has 0 spiro atoms. The number of fused-ring (bicyclic) bond motifs is 1. The second-order valence-corrected chi connectivity index (χ2v) is 6.23. The van der Waals surface area contributed by atoms with Crippen molar-refractivity contribution in [3.05, 3.63) is 35.4 Å². The third-order valence-electron chi connectivity index (χ3n) is 4.73. The van der Waals surface area contributed by atoms with Crippen LogP contribution in [0.4, 0.5) is 4.79 Å². The summed E-state index contributed by atoms with van der Waals surface area (Å²) in [5.41, 5.74) is 2.73. The van der Waals surface area contributed by atoms with Gasteiger partial charge in [-0.1, -0.05) is 24.3 Å². The number of hydrogen-bond donors (Lipinski definition) is 0. The van der Waals surface area contributed by atoms with Crippen LogP contribution < -0.4 is 0 Å². The number of methoxy groups -OCH3 is 1. The molecule has 1 aromatic rings. The fourth-order valence-corrected chi connectivity index (χ4v) is 3.40. The topological polar surface area (TPSA) is 36.0 Å². The highest BCUT2D eigenvalue weighted by molar-refractivity contribution is 5.77. The highest BCUT2D eigenvalue weighted by Gasteiger charge is 2.40. The van der Waals surface area contributed by atoms with Crippen LogP contribution in [-0.4, -0.2) is 73.2 Å². The lowest BCUT2D eigenvalue weighted by atomic mass is 10.1. The molecule has 0 radical (unpaired) electrons. The smallest absolute Gasteiger partial charge is 0.320 e. The van der Waals surface area contributed by atoms with Crippen molar-refractivity contribution < 1.29 is 9.53 Å². The summed E-state index contributed by atoms with van der Waals surface area (Å²) >= 11 is 0. The Morgan fingerprint density at radius 2 is 2.05 bits per heavy atom. The van der Waals surface area contributed by atoms with E-state index in [1.54, 1.807) is 7.11 Å². The number of carbonyl (C=O) groups is 1. The Balaban J connectivity index is 1.60. The van der Waals surface area contributed by atoms with Crippen LogP contribution >= 0.6 is 0 Å². The van der Waals surface area contributed by atoms with Crippen LogP contribution in [0.3, 0.4) is 0 Å². The zero-order valence-electron chi connectivity index (χ0n) is 13.5. The van der Waals surface area contributed by atoms with Crippen LogP contribution in [0.15, 0.2) is 24.3 Å². The van der Waals surface area contributed by atoms with Crippen LogP contribution in [0.2, 0.25) is 0 Å². The van der Waals surface area contributed by atoms with E-state index in [9.17, 15) is 4.79 Å². The number of carbonyl (C=O) groups excluding carboxylic acids is 1. The van der Waals surface area contributed by atoms with Gasteiger partial charge in [-0.25, -0.2) is 4.79 Å². The number of benzene rings is 1. The monoisotopic (exact) mass is 303 g/mol. The molecule has 0 aliphatic carbocycles. The first-order valence-electron chi connectivity index (χ1n) is 8.00. The molecule has 3 rings (SSSR count). The van der Waals surface area contributed by atoms with E-state index in [0.29, 0.717) is 19.2 Å². The van der Waals surface area contributed by atoms with Crippen molar-refractivity contribution >= 4 is 6.03 Å². The maximum absolute atomic E-state index is 12.3. The molecule has 2 aliphatic rings. The van der Waals surface area contributed by atoms with E-state index in [2.05, 4.69) is 36.1 Å². The Morgan fingerprint density at radius 1 is 1.23 bits per heavy atom. The van der Waals surface area contributed by atoms with Gasteiger partial charge in [0, 0.05) is 46.4 Å². The molecule has 2 fully saturated rings. The largest absolute Gasteiger partial charge is 0.383 e. The summed E-state index contributed by atoms with van der Waals surface area (Å²) in [5, 5.41) is 0. The molecule has 5 heteroatoms. The van der Waals surface area contributed by atoms with Crippen LogP contribution in [0.5, 0.6) is 0 Å². The Labute approximate surface area is 132 Å². The van der Waals surface area contributed by atoms with E-state index in [1.807, 2.05) is 9.80 Å². The summed E-state index contributed by atoms with van der Waals surface area (Å²) in [6.45, 7) is 8.02. The molecule has 5 nitrogen and oxygen atoms in total. The molecule has 0 N–H and O–H groups in total. The van der Waals surface area contributed by atoms with E-state index in [1.165, 1.54) is 11.1 Å². The minimum atomic E-state index is 0.178. The third-order valence-corrected chi connectivity index (χ3v) is 4.73. The van der Waals surface area contributed by atoms with Crippen molar-refractivity contribution in [3.8, 4) is 0 Å². The molecule has 1 aromatic carbocycles. The van der Waals surface area contributed by atoms with E-state index in [4.69, 9.17) is 4.74 Å². The standard InChI is InChI=1S/C17H25N3O2/c1-14-5-3-4-6-15(14)11-18-7-8-20-16(12-18)13-19(17(20)21)9-10-22-2/h3-6,16H,7-13H2,1-2H3/t16-/m1/s1. The van der Waals surface area contributed by atoms with Gasteiger partial charge in [-0.05, 0) is 18.1 Å². The normalized spacial score (nSPS) is 22.3. The molecule has 0 bridgehead atoms. The maximum Gasteiger partial charge on any atom is 0.320 e. The lowest BCUT2D eigenvalue weighted by Crippen LogP contribution is -2.51. The summed E-state index contributed by atoms with van der Waals surface area (Å²) in [7, 11) is 1.68. The number of aryl methyl sites for hydroxylation is 1. The molecule has 2 heterocycles. The molecular weight excluding hydrogens is 278 g/mol. The first kappa shape index (κ1) is 15.3. The number of rotatable bonds is 5. The Hall–Kier alpha value is -1.59. The number of piperazine rings is 1. The van der Waals surface area contributed by atoms with Gasteiger partial charge in [0.2, 0.25) is 0 Å². The van der Waals surface area contributed by atoms with Crippen molar-refractivity contribution in [2.45, 2.75) is 19.5 Å². The van der Waals surface area contributed by atoms with Gasteiger partial charge in [-0.3, -0.25) is 4.90 Å². The summed E-state index contributed by atoms with van der Waals surface area (Å²) in [4.78, 5) is 18.8. The Morgan fingerprint density at radius 3 is 2.82 bits per heavy atom. The van der Waals surface area contributed by atoms with Gasteiger partial charge in [0.1, 0.15) is 0 Å². The third kappa shape index (κ3) is 3.10. The quantitative estimate of drug-likeness (QED) is 0.828. The fourth-order valence-electron chi connectivity index (χ4n) is 3.40. The van der Waals surface area contributed by atoms with Crippen molar-refractivity contribution in [2.24, 2.45) is 0 Å². The van der Waals surface area contributed by atoms with Gasteiger partial charge in [-0.15, -0.1) is 0 Å². The zero-order valence-corrected chi connectivity index (χ0v) is 13.5. The van der Waals surface area contributed by atoms with Gasteiger partial charge in [0.15, 0.2) is 0 Å². The predicted molar refractivity (Wildman–Crippen MR) is 85.8 cm³/mol. The average Bonchev–Trinajstić information content (AvgIpc) is 2.83. The summed E-state index contributed by atoms with van der Waals surface area (Å²) in [6.07, 6.45) is 0. The highest BCUT2D eigenvalue weighted by atomic mass is 16.5. The molecule has 120 valence electrons. The summed E-state index contributed by atoms with van der Waals surface area (Å²) < 4.78 is 5.10. The number of nitrogens with zero attached hydrogens (tertiary/aromatic N) is 3. The van der Waals surface area contributed by atoms with Crippen LogP contribution in [0.25, 0.3) is 0 Å². The lowest BCUT2D eigenvalue weighted by Gasteiger charge is -2.36. The highest BCUT2D eigenvalue weighted by Crippen LogP contribution is 2.22. The van der Waals surface area contributed by atoms with Crippen LogP contribution in [-0.2, 0) is 11.3 Å². The minimum Gasteiger partial charge on any atom is -0.383 e. The van der Waals surface area contributed by atoms with E-state index in [0.717, 1.165) is 32.7 Å². The van der Waals surface area contributed by atoms with Gasteiger partial charge in [0.05, 0.1) is 12.6 Å². The molecule has 22 heavy (non-hydrogen) atoms. The van der Waals surface area contributed by atoms with E-state index >= 15 is 0 Å². The second-order valence-electron chi connectivity index (χ2n) is 6.23. The number of amides is 2. The van der Waals surface area contributed by atoms with Crippen molar-refractivity contribution in [2.75, 3.05) is 46.4 Å². The Kier molecular flexibility index (Phi) is 4.64. The van der Waals surface area contributed by atoms with Crippen LogP contribution in [0.1, 0.15) is 11.1 Å². The van der Waals surface area contributed by atoms with Crippen molar-refractivity contribution in [3.63, 3.8) is 0 Å². The van der Waals surface area contributed by atoms with E-state index < -0.39 is 0 Å². The van der Waals surface area contributed by atoms with Crippen LogP contribution in [0, 0.1) is 6.92 Å². The van der Waals surface area contributed by atoms with Crippen molar-refractivity contribution in [1.82, 2.24) is 14.7 Å². The molecule has 0 unspecified atom stereocenters. The molecule has 2 aliphatic heterocycles. The molecule has 2 amide bonds. The molecular formula is C17H25N3O2. The summed E-state index contributed by atoms with van der Waals surface area (Å²) in [5.74, 6) is 0.